The van der Waals surface area contributed by atoms with E-state index in [2.05, 4.69) is 16.9 Å². The van der Waals surface area contributed by atoms with Gasteiger partial charge in [-0.05, 0) is 23.8 Å². The van der Waals surface area contributed by atoms with Crippen LogP contribution in [0.1, 0.15) is 12.0 Å². The molecular formula is C16H18N2O4. The normalized spacial score (nSPS) is 11.9. The highest BCUT2D eigenvalue weighted by atomic mass is 16.5. The minimum atomic E-state index is -0.793. The predicted molar refractivity (Wildman–Crippen MR) is 82.4 cm³/mol. The molecule has 1 heterocycles. The number of phenols is 1. The number of fused-ring (bicyclic) bond motifs is 1. The Morgan fingerprint density at radius 1 is 1.50 bits per heavy atom. The van der Waals surface area contributed by atoms with Gasteiger partial charge in [0.25, 0.3) is 0 Å². The van der Waals surface area contributed by atoms with Crippen LogP contribution in [0.25, 0.3) is 10.9 Å². The fraction of sp³-hybridized carbons (Fsp3) is 0.250. The van der Waals surface area contributed by atoms with Gasteiger partial charge in [-0.3, -0.25) is 4.79 Å². The van der Waals surface area contributed by atoms with Crippen LogP contribution < -0.4 is 5.32 Å². The van der Waals surface area contributed by atoms with E-state index in [1.165, 1.54) is 13.2 Å². The first-order chi connectivity index (χ1) is 10.5. The lowest BCUT2D eigenvalue weighted by Crippen LogP contribution is -2.42. The zero-order valence-corrected chi connectivity index (χ0v) is 12.3. The zero-order valence-electron chi connectivity index (χ0n) is 12.3. The number of phenolic OH excluding ortho intramolecular Hbond substituents is 1. The Hall–Kier alpha value is -2.76. The summed E-state index contributed by atoms with van der Waals surface area (Å²) < 4.78 is 4.74. The van der Waals surface area contributed by atoms with Crippen LogP contribution in [0.2, 0.25) is 0 Å². The third-order valence-electron chi connectivity index (χ3n) is 3.33. The lowest BCUT2D eigenvalue weighted by atomic mass is 10.0. The summed E-state index contributed by atoms with van der Waals surface area (Å²) in [7, 11) is 1.27. The first kappa shape index (κ1) is 15.6. The van der Waals surface area contributed by atoms with Crippen molar-refractivity contribution in [2.75, 3.05) is 7.11 Å². The Balaban J connectivity index is 2.24. The van der Waals surface area contributed by atoms with Crippen LogP contribution in [0.3, 0.4) is 0 Å². The summed E-state index contributed by atoms with van der Waals surface area (Å²) in [5.74, 6) is -0.682. The molecule has 1 aromatic heterocycles. The van der Waals surface area contributed by atoms with E-state index in [4.69, 9.17) is 4.74 Å². The van der Waals surface area contributed by atoms with E-state index in [-0.39, 0.29) is 24.5 Å². The minimum absolute atomic E-state index is 0.127. The Bertz CT molecular complexity index is 705. The van der Waals surface area contributed by atoms with Gasteiger partial charge in [0.1, 0.15) is 11.8 Å². The molecule has 1 atom stereocenters. The largest absolute Gasteiger partial charge is 0.508 e. The standard InChI is InChI=1S/C16H18N2O4/c1-3-4-15(20)18-14(16(21)22-2)7-10-9-17-13-6-5-11(19)8-12(10)13/h3,5-6,8-9,14,17,19H,1,4,7H2,2H3,(H,18,20)/t14-/m0/s1. The van der Waals surface area contributed by atoms with E-state index in [0.717, 1.165) is 16.5 Å². The van der Waals surface area contributed by atoms with E-state index < -0.39 is 12.0 Å². The van der Waals surface area contributed by atoms with Crippen LogP contribution in [-0.4, -0.2) is 35.1 Å². The van der Waals surface area contributed by atoms with Crippen molar-refractivity contribution in [3.05, 3.63) is 42.6 Å². The number of aromatic nitrogens is 1. The van der Waals surface area contributed by atoms with Gasteiger partial charge in [0.15, 0.2) is 0 Å². The summed E-state index contributed by atoms with van der Waals surface area (Å²) in [5.41, 5.74) is 1.65. The molecule has 0 spiro atoms. The van der Waals surface area contributed by atoms with Crippen LogP contribution in [0.4, 0.5) is 0 Å². The van der Waals surface area contributed by atoms with Crippen LogP contribution >= 0.6 is 0 Å². The average molecular weight is 302 g/mol. The summed E-state index contributed by atoms with van der Waals surface area (Å²) >= 11 is 0. The topological polar surface area (TPSA) is 91.4 Å². The van der Waals surface area contributed by atoms with Crippen LogP contribution in [0.15, 0.2) is 37.1 Å². The van der Waals surface area contributed by atoms with Crippen molar-refractivity contribution in [3.8, 4) is 5.75 Å². The number of benzene rings is 1. The molecule has 1 amide bonds. The molecule has 6 nitrogen and oxygen atoms in total. The molecule has 22 heavy (non-hydrogen) atoms. The second kappa shape index (κ2) is 6.80. The molecule has 116 valence electrons. The molecule has 0 fully saturated rings. The number of methoxy groups -OCH3 is 1. The molecule has 0 aliphatic carbocycles. The third kappa shape index (κ3) is 3.46. The van der Waals surface area contributed by atoms with Crippen LogP contribution in [-0.2, 0) is 20.7 Å². The number of aromatic hydroxyl groups is 1. The number of amides is 1. The number of carbonyl (C=O) groups excluding carboxylic acids is 2. The number of aromatic amines is 1. The van der Waals surface area contributed by atoms with Gasteiger partial charge in [-0.15, -0.1) is 6.58 Å². The molecule has 6 heteroatoms. The van der Waals surface area contributed by atoms with E-state index in [0.29, 0.717) is 0 Å². The number of ether oxygens (including phenoxy) is 1. The SMILES string of the molecule is C=CCC(=O)N[C@@H](Cc1c[nH]c2ccc(O)cc12)C(=O)OC. The fourth-order valence-electron chi connectivity index (χ4n) is 2.28. The highest BCUT2D eigenvalue weighted by molar-refractivity contribution is 5.88. The maximum Gasteiger partial charge on any atom is 0.328 e. The molecule has 0 radical (unpaired) electrons. The molecule has 0 aliphatic rings. The Morgan fingerprint density at radius 2 is 2.27 bits per heavy atom. The number of rotatable bonds is 6. The first-order valence-corrected chi connectivity index (χ1v) is 6.82. The Labute approximate surface area is 127 Å². The van der Waals surface area contributed by atoms with Crippen molar-refractivity contribution >= 4 is 22.8 Å². The summed E-state index contributed by atoms with van der Waals surface area (Å²) in [6, 6.07) is 4.14. The summed E-state index contributed by atoms with van der Waals surface area (Å²) in [4.78, 5) is 26.6. The number of carbonyl (C=O) groups is 2. The van der Waals surface area contributed by atoms with Crippen molar-refractivity contribution in [1.29, 1.82) is 0 Å². The van der Waals surface area contributed by atoms with Gasteiger partial charge in [-0.2, -0.15) is 0 Å². The van der Waals surface area contributed by atoms with Crippen molar-refractivity contribution in [1.82, 2.24) is 10.3 Å². The monoisotopic (exact) mass is 302 g/mol. The molecule has 2 aromatic rings. The Morgan fingerprint density at radius 3 is 2.95 bits per heavy atom. The van der Waals surface area contributed by atoms with Crippen molar-refractivity contribution in [2.45, 2.75) is 18.9 Å². The van der Waals surface area contributed by atoms with E-state index in [9.17, 15) is 14.7 Å². The lowest BCUT2D eigenvalue weighted by molar-refractivity contribution is -0.144. The molecule has 0 bridgehead atoms. The molecule has 0 saturated carbocycles. The minimum Gasteiger partial charge on any atom is -0.508 e. The predicted octanol–water partition coefficient (Wildman–Crippen LogP) is 1.65. The number of esters is 1. The Kier molecular flexibility index (Phi) is 4.83. The van der Waals surface area contributed by atoms with Crippen LogP contribution in [0, 0.1) is 0 Å². The van der Waals surface area contributed by atoms with Crippen molar-refractivity contribution in [3.63, 3.8) is 0 Å². The molecule has 0 saturated heterocycles. The average Bonchev–Trinajstić information content (AvgIpc) is 2.88. The van der Waals surface area contributed by atoms with Gasteiger partial charge in [-0.25, -0.2) is 4.79 Å². The smallest absolute Gasteiger partial charge is 0.328 e. The van der Waals surface area contributed by atoms with E-state index in [1.807, 2.05) is 0 Å². The number of H-pyrrole nitrogens is 1. The van der Waals surface area contributed by atoms with Gasteiger partial charge in [0, 0.05) is 29.9 Å². The van der Waals surface area contributed by atoms with Crippen molar-refractivity contribution < 1.29 is 19.4 Å². The lowest BCUT2D eigenvalue weighted by Gasteiger charge is -2.15. The highest BCUT2D eigenvalue weighted by Crippen LogP contribution is 2.24. The third-order valence-corrected chi connectivity index (χ3v) is 3.33. The van der Waals surface area contributed by atoms with Gasteiger partial charge < -0.3 is 20.1 Å². The number of hydrogen-bond acceptors (Lipinski definition) is 4. The van der Waals surface area contributed by atoms with Crippen molar-refractivity contribution in [2.24, 2.45) is 0 Å². The summed E-state index contributed by atoms with van der Waals surface area (Å²) in [5, 5.41) is 13.0. The zero-order chi connectivity index (χ0) is 16.1. The van der Waals surface area contributed by atoms with E-state index in [1.54, 1.807) is 24.4 Å². The van der Waals surface area contributed by atoms with Crippen LogP contribution in [0.5, 0.6) is 5.75 Å². The molecule has 0 aliphatic heterocycles. The quantitative estimate of drug-likeness (QED) is 0.559. The molecule has 1 aromatic carbocycles. The van der Waals surface area contributed by atoms with E-state index >= 15 is 0 Å². The molecule has 0 unspecified atom stereocenters. The summed E-state index contributed by atoms with van der Waals surface area (Å²) in [6.07, 6.45) is 3.61. The second-order valence-corrected chi connectivity index (χ2v) is 4.88. The van der Waals surface area contributed by atoms with Gasteiger partial charge in [0.05, 0.1) is 7.11 Å². The van der Waals surface area contributed by atoms with Gasteiger partial charge >= 0.3 is 5.97 Å². The molecule has 2 rings (SSSR count). The fourth-order valence-corrected chi connectivity index (χ4v) is 2.28. The van der Waals surface area contributed by atoms with Gasteiger partial charge in [0.2, 0.25) is 5.91 Å². The summed E-state index contributed by atoms with van der Waals surface area (Å²) in [6.45, 7) is 3.49. The molecular weight excluding hydrogens is 284 g/mol. The maximum absolute atomic E-state index is 11.9. The maximum atomic E-state index is 11.9. The first-order valence-electron chi connectivity index (χ1n) is 6.82. The number of hydrogen-bond donors (Lipinski definition) is 3. The highest BCUT2D eigenvalue weighted by Gasteiger charge is 2.22. The van der Waals surface area contributed by atoms with Gasteiger partial charge in [-0.1, -0.05) is 6.08 Å². The molecule has 3 N–H and O–H groups in total. The second-order valence-electron chi connectivity index (χ2n) is 4.88. The number of nitrogens with one attached hydrogen (secondary N) is 2.